The quantitative estimate of drug-likeness (QED) is 0.639. The second-order valence-corrected chi connectivity index (χ2v) is 5.80. The third-order valence-electron chi connectivity index (χ3n) is 4.44. The van der Waals surface area contributed by atoms with Crippen LogP contribution in [0.4, 0.5) is 0 Å². The average Bonchev–Trinajstić information content (AvgIpc) is 3.18. The summed E-state index contributed by atoms with van der Waals surface area (Å²) in [5.41, 5.74) is 12.4. The molecule has 0 amide bonds. The minimum absolute atomic E-state index is 0.300. The largest absolute Gasteiger partial charge is 0.361 e. The van der Waals surface area contributed by atoms with Gasteiger partial charge in [-0.2, -0.15) is 0 Å². The molecule has 0 radical (unpaired) electrons. The zero-order valence-electron chi connectivity index (χ0n) is 12.3. The van der Waals surface area contributed by atoms with E-state index in [4.69, 9.17) is 11.1 Å². The van der Waals surface area contributed by atoms with Gasteiger partial charge in [0.1, 0.15) is 0 Å². The Balaban J connectivity index is 2.42. The zero-order valence-corrected chi connectivity index (χ0v) is 12.3. The van der Waals surface area contributed by atoms with Gasteiger partial charge in [0.05, 0.1) is 0 Å². The van der Waals surface area contributed by atoms with Crippen molar-refractivity contribution < 1.29 is 0 Å². The molecule has 2 unspecified atom stereocenters. The predicted molar refractivity (Wildman–Crippen MR) is 84.3 cm³/mol. The molecule has 100 valence electrons. The number of rotatable bonds is 0. The van der Waals surface area contributed by atoms with Gasteiger partial charge in [0, 0.05) is 5.61 Å². The van der Waals surface area contributed by atoms with E-state index in [1.54, 1.807) is 0 Å². The van der Waals surface area contributed by atoms with Crippen LogP contribution in [0.5, 0.6) is 0 Å². The van der Waals surface area contributed by atoms with Crippen molar-refractivity contribution in [1.82, 2.24) is 0 Å². The van der Waals surface area contributed by atoms with E-state index in [2.05, 4.69) is 39.8 Å². The van der Waals surface area contributed by atoms with Gasteiger partial charge >= 0.3 is 0 Å². The predicted octanol–water partition coefficient (Wildman–Crippen LogP) is 3.47. The summed E-state index contributed by atoms with van der Waals surface area (Å²) < 4.78 is 0. The average molecular weight is 254 g/mol. The lowest BCUT2D eigenvalue weighted by molar-refractivity contribution is 0.851. The van der Waals surface area contributed by atoms with Gasteiger partial charge in [0.2, 0.25) is 0 Å². The lowest BCUT2D eigenvalue weighted by atomic mass is 9.58. The monoisotopic (exact) mass is 254 g/mol. The summed E-state index contributed by atoms with van der Waals surface area (Å²) in [6.45, 7) is 8.51. The molecular weight excluding hydrogens is 231 g/mol. The highest BCUT2D eigenvalue weighted by atomic mass is 14.5. The fraction of sp³-hybridized carbons (Fsp3) is 0.438. The van der Waals surface area contributed by atoms with E-state index in [-0.39, 0.29) is 6.85 Å². The highest BCUT2D eigenvalue weighted by Crippen LogP contribution is 2.45. The Morgan fingerprint density at radius 1 is 1.11 bits per heavy atom. The Labute approximate surface area is 116 Å². The summed E-state index contributed by atoms with van der Waals surface area (Å²) in [4.78, 5) is 0. The first-order chi connectivity index (χ1) is 8.91. The molecule has 0 saturated heterocycles. The number of nitrogens with two attached hydrogens (primary N) is 1. The second-order valence-electron chi connectivity index (χ2n) is 5.80. The molecule has 1 heterocycles. The summed E-state index contributed by atoms with van der Waals surface area (Å²) in [7, 11) is 0. The van der Waals surface area contributed by atoms with Crippen LogP contribution in [-0.4, -0.2) is 12.5 Å². The molecule has 0 aromatic carbocycles. The van der Waals surface area contributed by atoms with Crippen LogP contribution < -0.4 is 5.64 Å². The van der Waals surface area contributed by atoms with Gasteiger partial charge in [-0.1, -0.05) is 49.2 Å². The van der Waals surface area contributed by atoms with Gasteiger partial charge in [-0.25, -0.2) is 0 Å². The van der Waals surface area contributed by atoms with E-state index in [1.165, 1.54) is 22.3 Å². The maximum Gasteiger partial charge on any atom is 0.299 e. The van der Waals surface area contributed by atoms with Crippen LogP contribution in [-0.2, 0) is 0 Å². The van der Waals surface area contributed by atoms with Crippen molar-refractivity contribution in [2.45, 2.75) is 34.1 Å². The fourth-order valence-electron chi connectivity index (χ4n) is 2.47. The van der Waals surface area contributed by atoms with Crippen LogP contribution in [0.25, 0.3) is 0 Å². The normalized spacial score (nSPS) is 35.4. The van der Waals surface area contributed by atoms with Gasteiger partial charge in [0.15, 0.2) is 0 Å². The summed E-state index contributed by atoms with van der Waals surface area (Å²) in [6.07, 6.45) is 7.21. The standard InChI is InChI=1S/C16H23BN2/c1-10-5-6-16(18)17(19)8-7-11(2)13(4)15-9-14(15)12(10)3/h5-8,10-11,18H,9,19H2,1-4H3/b6-5-,8-7-,14-12?,15-13-,18-16?. The molecule has 3 N–H and O–H groups in total. The Hall–Kier alpha value is -1.35. The highest BCUT2D eigenvalue weighted by Gasteiger charge is 2.28. The van der Waals surface area contributed by atoms with Crippen molar-refractivity contribution in [3.05, 3.63) is 46.5 Å². The van der Waals surface area contributed by atoms with Crippen molar-refractivity contribution >= 4 is 12.5 Å². The highest BCUT2D eigenvalue weighted by molar-refractivity contribution is 6.93. The molecule has 0 bridgehead atoms. The van der Waals surface area contributed by atoms with Crippen LogP contribution >= 0.6 is 0 Å². The molecule has 2 aliphatic rings. The second kappa shape index (κ2) is 5.34. The maximum absolute atomic E-state index is 7.97. The van der Waals surface area contributed by atoms with Gasteiger partial charge in [-0.15, -0.1) is 0 Å². The zero-order chi connectivity index (χ0) is 14.2. The van der Waals surface area contributed by atoms with Crippen LogP contribution in [0.15, 0.2) is 46.5 Å². The number of nitrogens with one attached hydrogen (secondary N) is 1. The number of hydrogen-bond acceptors (Lipinski definition) is 2. The molecule has 0 aromatic heterocycles. The van der Waals surface area contributed by atoms with Crippen LogP contribution in [0.3, 0.4) is 0 Å². The molecule has 1 aliphatic heterocycles. The smallest absolute Gasteiger partial charge is 0.299 e. The summed E-state index contributed by atoms with van der Waals surface area (Å²) >= 11 is 0. The van der Waals surface area contributed by atoms with E-state index in [9.17, 15) is 0 Å². The van der Waals surface area contributed by atoms with Crippen molar-refractivity contribution in [3.63, 3.8) is 0 Å². The van der Waals surface area contributed by atoms with Crippen LogP contribution in [0, 0.1) is 17.2 Å². The van der Waals surface area contributed by atoms with Crippen LogP contribution in [0.1, 0.15) is 34.1 Å². The lowest BCUT2D eigenvalue weighted by Crippen LogP contribution is -2.32. The van der Waals surface area contributed by atoms with Crippen molar-refractivity contribution in [2.24, 2.45) is 17.5 Å². The van der Waals surface area contributed by atoms with Crippen molar-refractivity contribution in [2.75, 3.05) is 0 Å². The summed E-state index contributed by atoms with van der Waals surface area (Å²) in [5.74, 6) is 2.73. The topological polar surface area (TPSA) is 49.9 Å². The van der Waals surface area contributed by atoms with Crippen molar-refractivity contribution in [1.29, 1.82) is 5.41 Å². The van der Waals surface area contributed by atoms with Gasteiger partial charge in [0.25, 0.3) is 6.85 Å². The molecule has 1 saturated carbocycles. The van der Waals surface area contributed by atoms with Gasteiger partial charge < -0.3 is 11.1 Å². The molecular formula is C16H23BN2. The van der Waals surface area contributed by atoms with Gasteiger partial charge in [-0.05, 0) is 43.3 Å². The lowest BCUT2D eigenvalue weighted by Gasteiger charge is -2.11. The summed E-state index contributed by atoms with van der Waals surface area (Å²) in [6, 6.07) is 0. The fourth-order valence-corrected chi connectivity index (χ4v) is 2.47. The molecule has 3 heteroatoms. The molecule has 0 aromatic rings. The number of allylic oxidation sites excluding steroid dienone is 7. The first-order valence-electron chi connectivity index (χ1n) is 7.02. The first-order valence-corrected chi connectivity index (χ1v) is 7.02. The summed E-state index contributed by atoms with van der Waals surface area (Å²) in [5, 5.41) is 7.97. The van der Waals surface area contributed by atoms with E-state index in [0.717, 1.165) is 6.42 Å². The van der Waals surface area contributed by atoms with Crippen LogP contribution in [0.2, 0.25) is 0 Å². The SMILES string of the molecule is CC1=C2C/C2=C(\C)C(C)/C=C\B(N)C(=N)/C=C\C1C. The third kappa shape index (κ3) is 2.98. The minimum Gasteiger partial charge on any atom is -0.361 e. The van der Waals surface area contributed by atoms with Gasteiger partial charge in [-0.3, -0.25) is 0 Å². The number of fused-ring (bicyclic) bond motifs is 1. The molecule has 2 rings (SSSR count). The Bertz CT molecular complexity index is 523. The Morgan fingerprint density at radius 2 is 1.63 bits per heavy atom. The van der Waals surface area contributed by atoms with E-state index in [0.29, 0.717) is 17.4 Å². The molecule has 2 nitrogen and oxygen atoms in total. The Morgan fingerprint density at radius 3 is 2.21 bits per heavy atom. The first kappa shape index (κ1) is 14.1. The van der Waals surface area contributed by atoms with E-state index >= 15 is 0 Å². The molecule has 0 spiro atoms. The molecule has 1 fully saturated rings. The maximum atomic E-state index is 7.97. The van der Waals surface area contributed by atoms with Crippen molar-refractivity contribution in [3.8, 4) is 0 Å². The number of hydrogen-bond donors (Lipinski definition) is 2. The molecule has 19 heavy (non-hydrogen) atoms. The van der Waals surface area contributed by atoms with E-state index in [1.807, 2.05) is 12.1 Å². The minimum atomic E-state index is -0.300. The van der Waals surface area contributed by atoms with E-state index < -0.39 is 0 Å². The Kier molecular flexibility index (Phi) is 3.95. The molecule has 2 atom stereocenters. The molecule has 1 aliphatic carbocycles. The third-order valence-corrected chi connectivity index (χ3v) is 4.44.